The highest BCUT2D eigenvalue weighted by Crippen LogP contribution is 2.13. The molecule has 0 saturated carbocycles. The van der Waals surface area contributed by atoms with Crippen LogP contribution in [0.4, 0.5) is 4.39 Å². The Morgan fingerprint density at radius 3 is 2.70 bits per heavy atom. The van der Waals surface area contributed by atoms with Crippen molar-refractivity contribution in [3.8, 4) is 11.8 Å². The van der Waals surface area contributed by atoms with Crippen molar-refractivity contribution in [1.82, 2.24) is 5.32 Å². The van der Waals surface area contributed by atoms with E-state index in [0.29, 0.717) is 24.3 Å². The van der Waals surface area contributed by atoms with Gasteiger partial charge in [0, 0.05) is 6.54 Å². The largest absolute Gasteiger partial charge is 0.481 e. The van der Waals surface area contributed by atoms with E-state index in [1.165, 1.54) is 12.1 Å². The standard InChI is InChI=1S/C18H17FN2O2/c1-13(23-17-7-5-15(12-20)6-8-17)18(22)21-10-9-14-3-2-4-16(19)11-14/h2-8,11,13H,9-10H2,1H3,(H,21,22). The molecule has 0 fully saturated rings. The van der Waals surface area contributed by atoms with Crippen molar-refractivity contribution in [3.63, 3.8) is 0 Å². The number of hydrogen-bond acceptors (Lipinski definition) is 3. The van der Waals surface area contributed by atoms with Crippen molar-refractivity contribution < 1.29 is 13.9 Å². The summed E-state index contributed by atoms with van der Waals surface area (Å²) in [5, 5.41) is 11.5. The SMILES string of the molecule is CC(Oc1ccc(C#N)cc1)C(=O)NCCc1cccc(F)c1. The molecule has 2 aromatic carbocycles. The Morgan fingerprint density at radius 2 is 2.04 bits per heavy atom. The van der Waals surface area contributed by atoms with Crippen LogP contribution in [0.15, 0.2) is 48.5 Å². The van der Waals surface area contributed by atoms with Gasteiger partial charge in [0.1, 0.15) is 11.6 Å². The molecule has 1 N–H and O–H groups in total. The molecular formula is C18H17FN2O2. The molecule has 2 rings (SSSR count). The first kappa shape index (κ1) is 16.5. The zero-order valence-electron chi connectivity index (χ0n) is 12.8. The second-order valence-electron chi connectivity index (χ2n) is 5.07. The van der Waals surface area contributed by atoms with Crippen molar-refractivity contribution in [3.05, 3.63) is 65.5 Å². The van der Waals surface area contributed by atoms with E-state index in [1.54, 1.807) is 37.3 Å². The average Bonchev–Trinajstić information content (AvgIpc) is 2.55. The van der Waals surface area contributed by atoms with Crippen molar-refractivity contribution in [2.75, 3.05) is 6.54 Å². The fraction of sp³-hybridized carbons (Fsp3) is 0.222. The van der Waals surface area contributed by atoms with Crippen molar-refractivity contribution in [2.45, 2.75) is 19.4 Å². The molecule has 0 bridgehead atoms. The molecule has 1 unspecified atom stereocenters. The van der Waals surface area contributed by atoms with Gasteiger partial charge in [0.2, 0.25) is 0 Å². The van der Waals surface area contributed by atoms with Gasteiger partial charge < -0.3 is 10.1 Å². The molecule has 5 heteroatoms. The molecule has 0 heterocycles. The highest BCUT2D eigenvalue weighted by Gasteiger charge is 2.14. The molecule has 0 aliphatic heterocycles. The van der Waals surface area contributed by atoms with Gasteiger partial charge in [0.25, 0.3) is 5.91 Å². The third-order valence-corrected chi connectivity index (χ3v) is 3.27. The van der Waals surface area contributed by atoms with Gasteiger partial charge in [0.05, 0.1) is 11.6 Å². The lowest BCUT2D eigenvalue weighted by Crippen LogP contribution is -2.37. The molecule has 0 aromatic heterocycles. The number of rotatable bonds is 6. The Balaban J connectivity index is 1.79. The summed E-state index contributed by atoms with van der Waals surface area (Å²) in [5.41, 5.74) is 1.36. The van der Waals surface area contributed by atoms with Gasteiger partial charge in [0.15, 0.2) is 6.10 Å². The van der Waals surface area contributed by atoms with Crippen LogP contribution in [0, 0.1) is 17.1 Å². The Hall–Kier alpha value is -2.87. The van der Waals surface area contributed by atoms with Crippen molar-refractivity contribution in [2.24, 2.45) is 0 Å². The number of nitrogens with zero attached hydrogens (tertiary/aromatic N) is 1. The van der Waals surface area contributed by atoms with E-state index in [4.69, 9.17) is 10.00 Å². The second kappa shape index (κ2) is 7.95. The molecule has 0 radical (unpaired) electrons. The number of benzene rings is 2. The van der Waals surface area contributed by atoms with E-state index in [-0.39, 0.29) is 11.7 Å². The smallest absolute Gasteiger partial charge is 0.260 e. The number of nitriles is 1. The summed E-state index contributed by atoms with van der Waals surface area (Å²) in [4.78, 5) is 12.0. The second-order valence-corrected chi connectivity index (χ2v) is 5.07. The van der Waals surface area contributed by atoms with Gasteiger partial charge in [-0.15, -0.1) is 0 Å². The van der Waals surface area contributed by atoms with Crippen LogP contribution < -0.4 is 10.1 Å². The maximum Gasteiger partial charge on any atom is 0.260 e. The van der Waals surface area contributed by atoms with Gasteiger partial charge in [-0.25, -0.2) is 4.39 Å². The molecular weight excluding hydrogens is 295 g/mol. The van der Waals surface area contributed by atoms with Crippen LogP contribution in [0.5, 0.6) is 5.75 Å². The van der Waals surface area contributed by atoms with Gasteiger partial charge in [-0.1, -0.05) is 12.1 Å². The summed E-state index contributed by atoms with van der Waals surface area (Å²) >= 11 is 0. The summed E-state index contributed by atoms with van der Waals surface area (Å²) in [6.07, 6.45) is -0.108. The van der Waals surface area contributed by atoms with E-state index >= 15 is 0 Å². The number of amides is 1. The van der Waals surface area contributed by atoms with Gasteiger partial charge >= 0.3 is 0 Å². The normalized spacial score (nSPS) is 11.3. The molecule has 0 spiro atoms. The van der Waals surface area contributed by atoms with Crippen LogP contribution in [0.3, 0.4) is 0 Å². The van der Waals surface area contributed by atoms with Crippen LogP contribution in [-0.2, 0) is 11.2 Å². The fourth-order valence-electron chi connectivity index (χ4n) is 2.03. The minimum absolute atomic E-state index is 0.245. The number of carbonyl (C=O) groups excluding carboxylic acids is 1. The average molecular weight is 312 g/mol. The fourth-order valence-corrected chi connectivity index (χ4v) is 2.03. The van der Waals surface area contributed by atoms with E-state index in [9.17, 15) is 9.18 Å². The summed E-state index contributed by atoms with van der Waals surface area (Å²) < 4.78 is 18.6. The first-order valence-electron chi connectivity index (χ1n) is 7.27. The van der Waals surface area contributed by atoms with E-state index in [0.717, 1.165) is 5.56 Å². The number of hydrogen-bond donors (Lipinski definition) is 1. The Labute approximate surface area is 134 Å². The maximum absolute atomic E-state index is 13.1. The summed E-state index contributed by atoms with van der Waals surface area (Å²) in [5.74, 6) is -0.00566. The third-order valence-electron chi connectivity index (χ3n) is 3.27. The minimum atomic E-state index is -0.657. The number of nitrogens with one attached hydrogen (secondary N) is 1. The van der Waals surface area contributed by atoms with E-state index in [1.807, 2.05) is 12.1 Å². The minimum Gasteiger partial charge on any atom is -0.481 e. The molecule has 4 nitrogen and oxygen atoms in total. The summed E-state index contributed by atoms with van der Waals surface area (Å²) in [6.45, 7) is 2.05. The quantitative estimate of drug-likeness (QED) is 0.892. The number of carbonyl (C=O) groups is 1. The van der Waals surface area contributed by atoms with Gasteiger partial charge in [-0.2, -0.15) is 5.26 Å². The van der Waals surface area contributed by atoms with Crippen LogP contribution >= 0.6 is 0 Å². The molecule has 1 atom stereocenters. The van der Waals surface area contributed by atoms with Crippen molar-refractivity contribution in [1.29, 1.82) is 5.26 Å². The molecule has 23 heavy (non-hydrogen) atoms. The molecule has 0 aliphatic carbocycles. The molecule has 1 amide bonds. The monoisotopic (exact) mass is 312 g/mol. The van der Waals surface area contributed by atoms with Crippen molar-refractivity contribution >= 4 is 5.91 Å². The maximum atomic E-state index is 13.1. The molecule has 0 saturated heterocycles. The number of ether oxygens (including phenoxy) is 1. The Kier molecular flexibility index (Phi) is 5.70. The molecule has 0 aliphatic rings. The zero-order valence-corrected chi connectivity index (χ0v) is 12.8. The predicted molar refractivity (Wildman–Crippen MR) is 84.4 cm³/mol. The lowest BCUT2D eigenvalue weighted by atomic mass is 10.1. The predicted octanol–water partition coefficient (Wildman–Crippen LogP) is 2.82. The van der Waals surface area contributed by atoms with Crippen LogP contribution in [-0.4, -0.2) is 18.6 Å². The van der Waals surface area contributed by atoms with E-state index < -0.39 is 6.10 Å². The highest BCUT2D eigenvalue weighted by atomic mass is 19.1. The Bertz CT molecular complexity index is 708. The van der Waals surface area contributed by atoms with Gasteiger partial charge in [-0.3, -0.25) is 4.79 Å². The topological polar surface area (TPSA) is 62.1 Å². The summed E-state index contributed by atoms with van der Waals surface area (Å²) in [6, 6.07) is 14.9. The molecule has 118 valence electrons. The Morgan fingerprint density at radius 1 is 1.30 bits per heavy atom. The third kappa shape index (κ3) is 5.11. The lowest BCUT2D eigenvalue weighted by Gasteiger charge is -2.14. The van der Waals surface area contributed by atoms with Gasteiger partial charge in [-0.05, 0) is 55.3 Å². The first-order valence-corrected chi connectivity index (χ1v) is 7.27. The highest BCUT2D eigenvalue weighted by molar-refractivity contribution is 5.80. The van der Waals surface area contributed by atoms with E-state index in [2.05, 4.69) is 5.32 Å². The summed E-state index contributed by atoms with van der Waals surface area (Å²) in [7, 11) is 0. The van der Waals surface area contributed by atoms with Crippen LogP contribution in [0.1, 0.15) is 18.1 Å². The van der Waals surface area contributed by atoms with Crippen LogP contribution in [0.25, 0.3) is 0 Å². The zero-order chi connectivity index (χ0) is 16.7. The molecule has 2 aromatic rings. The van der Waals surface area contributed by atoms with Crippen LogP contribution in [0.2, 0.25) is 0 Å². The number of halogens is 1. The first-order chi connectivity index (χ1) is 11.1. The lowest BCUT2D eigenvalue weighted by molar-refractivity contribution is -0.127.